The van der Waals surface area contributed by atoms with Crippen molar-refractivity contribution in [3.05, 3.63) is 58.4 Å². The second-order valence-electron chi connectivity index (χ2n) is 6.03. The van der Waals surface area contributed by atoms with E-state index in [4.69, 9.17) is 0 Å². The van der Waals surface area contributed by atoms with Crippen LogP contribution in [0, 0.1) is 0 Å². The van der Waals surface area contributed by atoms with Crippen LogP contribution in [0.5, 0.6) is 5.75 Å². The summed E-state index contributed by atoms with van der Waals surface area (Å²) in [4.78, 5) is 20.6. The van der Waals surface area contributed by atoms with E-state index < -0.39 is 6.10 Å². The molecule has 1 aliphatic rings. The molecule has 0 bridgehead atoms. The van der Waals surface area contributed by atoms with Crippen molar-refractivity contribution in [3.8, 4) is 17.3 Å². The zero-order chi connectivity index (χ0) is 16.4. The molecule has 6 heteroatoms. The number of rotatable bonds is 0. The Balaban J connectivity index is 1.93. The van der Waals surface area contributed by atoms with Crippen molar-refractivity contribution in [2.75, 3.05) is 0 Å². The second kappa shape index (κ2) is 4.46. The zero-order valence-electron chi connectivity index (χ0n) is 12.5. The van der Waals surface area contributed by atoms with Gasteiger partial charge in [-0.25, -0.2) is 4.98 Å². The summed E-state index contributed by atoms with van der Waals surface area (Å²) in [6.07, 6.45) is -0.844. The Morgan fingerprint density at radius 2 is 2.00 bits per heavy atom. The molecule has 6 nitrogen and oxygen atoms in total. The molecule has 0 aliphatic carbocycles. The van der Waals surface area contributed by atoms with Gasteiger partial charge in [-0.2, -0.15) is 0 Å². The van der Waals surface area contributed by atoms with Crippen molar-refractivity contribution < 1.29 is 10.2 Å². The lowest BCUT2D eigenvalue weighted by Gasteiger charge is -2.23. The number of aromatic nitrogens is 3. The fraction of sp³-hybridized carbons (Fsp3) is 0.111. The lowest BCUT2D eigenvalue weighted by atomic mass is 10.0. The number of nitrogens with zero attached hydrogens (tertiary/aromatic N) is 2. The number of hydrogen-bond acceptors (Lipinski definition) is 4. The largest absolute Gasteiger partial charge is 0.508 e. The molecule has 0 spiro atoms. The molecule has 0 amide bonds. The average molecular weight is 319 g/mol. The molecule has 3 N–H and O–H groups in total. The summed E-state index contributed by atoms with van der Waals surface area (Å²) in [7, 11) is 0. The fourth-order valence-corrected chi connectivity index (χ4v) is 3.52. The number of benzene rings is 2. The zero-order valence-corrected chi connectivity index (χ0v) is 12.5. The molecule has 2 aromatic carbocycles. The van der Waals surface area contributed by atoms with Gasteiger partial charge in [0.2, 0.25) is 0 Å². The highest BCUT2D eigenvalue weighted by molar-refractivity contribution is 5.92. The summed E-state index contributed by atoms with van der Waals surface area (Å²) in [5, 5.41) is 21.6. The number of aromatic hydroxyl groups is 1. The van der Waals surface area contributed by atoms with Gasteiger partial charge in [-0.3, -0.25) is 9.36 Å². The first-order valence-electron chi connectivity index (χ1n) is 7.66. The normalized spacial score (nSPS) is 16.3. The molecule has 24 heavy (non-hydrogen) atoms. The first kappa shape index (κ1) is 13.3. The number of phenolic OH excluding ortho intramolecular Hbond substituents is 1. The fourth-order valence-electron chi connectivity index (χ4n) is 3.52. The lowest BCUT2D eigenvalue weighted by Crippen LogP contribution is -2.29. The summed E-state index contributed by atoms with van der Waals surface area (Å²) in [5.74, 6) is 0.639. The molecule has 0 saturated heterocycles. The van der Waals surface area contributed by atoms with Crippen molar-refractivity contribution in [1.29, 1.82) is 0 Å². The van der Waals surface area contributed by atoms with Crippen molar-refractivity contribution in [2.45, 2.75) is 12.6 Å². The minimum Gasteiger partial charge on any atom is -0.508 e. The van der Waals surface area contributed by atoms with E-state index in [1.165, 1.54) is 4.57 Å². The van der Waals surface area contributed by atoms with Crippen LogP contribution in [-0.4, -0.2) is 24.7 Å². The van der Waals surface area contributed by atoms with Gasteiger partial charge in [0.15, 0.2) is 5.82 Å². The van der Waals surface area contributed by atoms with E-state index in [1.807, 2.05) is 6.07 Å². The van der Waals surface area contributed by atoms with E-state index in [0.717, 1.165) is 10.9 Å². The van der Waals surface area contributed by atoms with Crippen molar-refractivity contribution >= 4 is 21.8 Å². The van der Waals surface area contributed by atoms with E-state index >= 15 is 0 Å². The summed E-state index contributed by atoms with van der Waals surface area (Å²) < 4.78 is 1.50. The van der Waals surface area contributed by atoms with Gasteiger partial charge in [0.25, 0.3) is 5.56 Å². The number of fused-ring (bicyclic) bond motifs is 6. The Hall–Kier alpha value is -3.12. The molecular weight excluding hydrogens is 306 g/mol. The van der Waals surface area contributed by atoms with Gasteiger partial charge in [-0.05, 0) is 30.3 Å². The molecule has 3 heterocycles. The quantitative estimate of drug-likeness (QED) is 0.464. The Kier molecular flexibility index (Phi) is 2.47. The molecule has 5 rings (SSSR count). The predicted octanol–water partition coefficient (Wildman–Crippen LogP) is 2.30. The molecule has 118 valence electrons. The number of nitrogens with one attached hydrogen (secondary N) is 1. The van der Waals surface area contributed by atoms with E-state index in [9.17, 15) is 15.0 Å². The van der Waals surface area contributed by atoms with E-state index in [2.05, 4.69) is 9.97 Å². The summed E-state index contributed by atoms with van der Waals surface area (Å²) in [6.45, 7) is 0.140. The number of phenols is 1. The van der Waals surface area contributed by atoms with Crippen LogP contribution in [0.15, 0.2) is 47.3 Å². The SMILES string of the molecule is O=c1c2ccccc2nc2n1C[C@H](O)c1c-2[nH]c2ccc(O)cc12. The van der Waals surface area contributed by atoms with Crippen LogP contribution in [0.25, 0.3) is 33.3 Å². The Morgan fingerprint density at radius 3 is 2.88 bits per heavy atom. The maximum Gasteiger partial charge on any atom is 0.261 e. The maximum atomic E-state index is 12.8. The molecule has 0 radical (unpaired) electrons. The molecule has 2 aromatic heterocycles. The van der Waals surface area contributed by atoms with Crippen molar-refractivity contribution in [3.63, 3.8) is 0 Å². The summed E-state index contributed by atoms with van der Waals surface area (Å²) in [6, 6.07) is 12.1. The minimum atomic E-state index is -0.844. The molecule has 0 saturated carbocycles. The van der Waals surface area contributed by atoms with E-state index in [0.29, 0.717) is 28.0 Å². The monoisotopic (exact) mass is 319 g/mol. The van der Waals surface area contributed by atoms with Gasteiger partial charge in [0, 0.05) is 16.5 Å². The third kappa shape index (κ3) is 1.63. The molecule has 1 aliphatic heterocycles. The number of aliphatic hydroxyl groups excluding tert-OH is 1. The molecule has 4 aromatic rings. The predicted molar refractivity (Wildman–Crippen MR) is 89.9 cm³/mol. The number of para-hydroxylation sites is 1. The number of aromatic amines is 1. The molecule has 0 fully saturated rings. The highest BCUT2D eigenvalue weighted by Gasteiger charge is 2.29. The van der Waals surface area contributed by atoms with Gasteiger partial charge < -0.3 is 15.2 Å². The molecule has 0 unspecified atom stereocenters. The maximum absolute atomic E-state index is 12.8. The number of aliphatic hydroxyl groups is 1. The number of hydrogen-bond donors (Lipinski definition) is 3. The Bertz CT molecular complexity index is 1190. The van der Waals surface area contributed by atoms with Crippen LogP contribution in [0.2, 0.25) is 0 Å². The smallest absolute Gasteiger partial charge is 0.261 e. The first-order valence-corrected chi connectivity index (χ1v) is 7.66. The first-order chi connectivity index (χ1) is 11.6. The highest BCUT2D eigenvalue weighted by atomic mass is 16.3. The van der Waals surface area contributed by atoms with Gasteiger partial charge in [0.05, 0.1) is 29.2 Å². The van der Waals surface area contributed by atoms with Crippen LogP contribution in [0.1, 0.15) is 11.7 Å². The Labute approximate surface area is 135 Å². The van der Waals surface area contributed by atoms with E-state index in [1.54, 1.807) is 36.4 Å². The van der Waals surface area contributed by atoms with Crippen LogP contribution in [0.4, 0.5) is 0 Å². The second-order valence-corrected chi connectivity index (χ2v) is 6.03. The van der Waals surface area contributed by atoms with Crippen LogP contribution in [0.3, 0.4) is 0 Å². The third-order valence-electron chi connectivity index (χ3n) is 4.60. The summed E-state index contributed by atoms with van der Waals surface area (Å²) >= 11 is 0. The third-order valence-corrected chi connectivity index (χ3v) is 4.60. The number of H-pyrrole nitrogens is 1. The average Bonchev–Trinajstić information content (AvgIpc) is 2.96. The minimum absolute atomic E-state index is 0.130. The molecular formula is C18H13N3O3. The topological polar surface area (TPSA) is 91.1 Å². The van der Waals surface area contributed by atoms with Gasteiger partial charge in [-0.1, -0.05) is 12.1 Å². The van der Waals surface area contributed by atoms with Gasteiger partial charge in [-0.15, -0.1) is 0 Å². The molecule has 1 atom stereocenters. The van der Waals surface area contributed by atoms with Crippen LogP contribution >= 0.6 is 0 Å². The van der Waals surface area contributed by atoms with Gasteiger partial charge >= 0.3 is 0 Å². The lowest BCUT2D eigenvalue weighted by molar-refractivity contribution is 0.153. The Morgan fingerprint density at radius 1 is 1.17 bits per heavy atom. The van der Waals surface area contributed by atoms with Crippen molar-refractivity contribution in [2.24, 2.45) is 0 Å². The summed E-state index contributed by atoms with van der Waals surface area (Å²) in [5.41, 5.74) is 2.53. The van der Waals surface area contributed by atoms with E-state index in [-0.39, 0.29) is 17.9 Å². The highest BCUT2D eigenvalue weighted by Crippen LogP contribution is 2.39. The van der Waals surface area contributed by atoms with Crippen LogP contribution < -0.4 is 5.56 Å². The van der Waals surface area contributed by atoms with Crippen LogP contribution in [-0.2, 0) is 6.54 Å². The van der Waals surface area contributed by atoms with Gasteiger partial charge in [0.1, 0.15) is 5.75 Å². The standard InChI is InChI=1S/C18H13N3O3/c22-9-5-6-13-11(7-9)15-14(23)8-21-17(16(15)19-13)20-12-4-2-1-3-10(12)18(21)24/h1-7,14,19,22-23H,8H2/t14-/m0/s1. The van der Waals surface area contributed by atoms with Crippen molar-refractivity contribution in [1.82, 2.24) is 14.5 Å².